The third-order valence-corrected chi connectivity index (χ3v) is 8.48. The second-order valence-electron chi connectivity index (χ2n) is 13.2. The van der Waals surface area contributed by atoms with E-state index in [2.05, 4.69) is 12.2 Å². The van der Waals surface area contributed by atoms with Crippen molar-refractivity contribution in [3.05, 3.63) is 39.7 Å². The van der Waals surface area contributed by atoms with Crippen LogP contribution in [-0.2, 0) is 25.5 Å². The average Bonchev–Trinajstić information content (AvgIpc) is 2.96. The van der Waals surface area contributed by atoms with Gasteiger partial charge in [-0.3, -0.25) is 0 Å². The SMILES string of the molecule is CCCCCCCCCCCCCCCc1c(N)cc(N)c(OCC)c1C1C(C(=O)OC(C)C)=C(C)NC(C)=C1C(=O)OC(C)C. The van der Waals surface area contributed by atoms with Gasteiger partial charge in [0.1, 0.15) is 5.75 Å². The molecular weight excluding hydrogens is 578 g/mol. The first-order valence-electron chi connectivity index (χ1n) is 17.9. The summed E-state index contributed by atoms with van der Waals surface area (Å²) >= 11 is 0. The highest BCUT2D eigenvalue weighted by molar-refractivity contribution is 6.01. The summed E-state index contributed by atoms with van der Waals surface area (Å²) in [6.07, 6.45) is 16.3. The van der Waals surface area contributed by atoms with Crippen LogP contribution in [0.1, 0.15) is 156 Å². The van der Waals surface area contributed by atoms with Crippen molar-refractivity contribution < 1.29 is 23.8 Å². The fourth-order valence-corrected chi connectivity index (χ4v) is 6.36. The molecule has 0 amide bonds. The topological polar surface area (TPSA) is 126 Å². The van der Waals surface area contributed by atoms with E-state index in [1.807, 2.05) is 20.8 Å². The van der Waals surface area contributed by atoms with E-state index < -0.39 is 17.9 Å². The van der Waals surface area contributed by atoms with Crippen molar-refractivity contribution in [2.75, 3.05) is 18.1 Å². The van der Waals surface area contributed by atoms with Gasteiger partial charge < -0.3 is 31.0 Å². The molecule has 1 aromatic carbocycles. The standard InChI is InChI=1S/C38H63N3O5/c1-9-11-12-13-14-15-16-17-18-19-20-21-22-23-29-30(39)24-31(40)36(44-10-2)34(29)35-32(37(42)45-25(3)4)27(7)41-28(8)33(35)38(43)46-26(5)6/h24-26,35,41H,9-23,39-40H2,1-8H3. The zero-order valence-corrected chi connectivity index (χ0v) is 30.1. The first-order valence-corrected chi connectivity index (χ1v) is 17.9. The van der Waals surface area contributed by atoms with Gasteiger partial charge in [-0.05, 0) is 72.9 Å². The maximum atomic E-state index is 13.7. The summed E-state index contributed by atoms with van der Waals surface area (Å²) in [6.45, 7) is 15.4. The molecule has 0 bridgehead atoms. The number of carbonyl (C=O) groups excluding carboxylic acids is 2. The van der Waals surface area contributed by atoms with Crippen LogP contribution in [0.25, 0.3) is 0 Å². The molecule has 0 aromatic heterocycles. The molecule has 1 aliphatic heterocycles. The molecular formula is C38H63N3O5. The van der Waals surface area contributed by atoms with Gasteiger partial charge in [0.15, 0.2) is 0 Å². The third kappa shape index (κ3) is 11.6. The fraction of sp³-hybridized carbons (Fsp3) is 0.684. The number of allylic oxidation sites excluding steroid dienone is 2. The van der Waals surface area contributed by atoms with Crippen molar-refractivity contribution in [1.82, 2.24) is 5.32 Å². The van der Waals surface area contributed by atoms with E-state index >= 15 is 0 Å². The van der Waals surface area contributed by atoms with Crippen LogP contribution in [0.3, 0.4) is 0 Å². The summed E-state index contributed by atoms with van der Waals surface area (Å²) < 4.78 is 17.6. The first kappa shape index (κ1) is 39.0. The zero-order valence-electron chi connectivity index (χ0n) is 30.1. The predicted octanol–water partition coefficient (Wildman–Crippen LogP) is 9.02. The largest absolute Gasteiger partial charge is 0.491 e. The van der Waals surface area contributed by atoms with Crippen LogP contribution in [0.15, 0.2) is 28.6 Å². The van der Waals surface area contributed by atoms with Gasteiger partial charge >= 0.3 is 11.9 Å². The second kappa shape index (κ2) is 20.2. The predicted molar refractivity (Wildman–Crippen MR) is 190 cm³/mol. The molecule has 0 atom stereocenters. The van der Waals surface area contributed by atoms with E-state index in [1.54, 1.807) is 33.8 Å². The quantitative estimate of drug-likeness (QED) is 0.0690. The first-order chi connectivity index (χ1) is 21.9. The number of carbonyl (C=O) groups is 2. The molecule has 1 aromatic rings. The number of unbranched alkanes of at least 4 members (excludes halogenated alkanes) is 12. The zero-order chi connectivity index (χ0) is 34.2. The van der Waals surface area contributed by atoms with E-state index in [-0.39, 0.29) is 12.2 Å². The van der Waals surface area contributed by atoms with E-state index in [0.29, 0.717) is 58.3 Å². The van der Waals surface area contributed by atoms with Crippen molar-refractivity contribution in [3.63, 3.8) is 0 Å². The number of esters is 2. The molecule has 0 aliphatic carbocycles. The number of nitrogens with two attached hydrogens (primary N) is 2. The normalized spacial score (nSPS) is 13.9. The lowest BCUT2D eigenvalue weighted by atomic mass is 9.76. The Morgan fingerprint density at radius 3 is 1.57 bits per heavy atom. The highest BCUT2D eigenvalue weighted by atomic mass is 16.5. The van der Waals surface area contributed by atoms with Crippen molar-refractivity contribution in [2.45, 2.75) is 163 Å². The maximum Gasteiger partial charge on any atom is 0.337 e. The lowest BCUT2D eigenvalue weighted by Gasteiger charge is -2.34. The molecule has 46 heavy (non-hydrogen) atoms. The summed E-state index contributed by atoms with van der Waals surface area (Å²) in [5.74, 6) is -1.41. The van der Waals surface area contributed by atoms with Gasteiger partial charge in [-0.15, -0.1) is 0 Å². The summed E-state index contributed by atoms with van der Waals surface area (Å²) in [6, 6.07) is 1.73. The molecule has 8 heteroatoms. The average molecular weight is 642 g/mol. The molecule has 0 radical (unpaired) electrons. The lowest BCUT2D eigenvalue weighted by molar-refractivity contribution is -0.143. The van der Waals surface area contributed by atoms with Crippen molar-refractivity contribution in [1.29, 1.82) is 0 Å². The van der Waals surface area contributed by atoms with Crippen molar-refractivity contribution in [2.24, 2.45) is 0 Å². The number of rotatable bonds is 21. The number of nitrogens with one attached hydrogen (secondary N) is 1. The third-order valence-electron chi connectivity index (χ3n) is 8.48. The van der Waals surface area contributed by atoms with Crippen molar-refractivity contribution >= 4 is 23.3 Å². The summed E-state index contributed by atoms with van der Waals surface area (Å²) in [5, 5.41) is 3.24. The molecule has 260 valence electrons. The number of ether oxygens (including phenoxy) is 3. The highest BCUT2D eigenvalue weighted by Crippen LogP contribution is 2.48. The van der Waals surface area contributed by atoms with Crippen LogP contribution in [-0.4, -0.2) is 30.8 Å². The molecule has 0 spiro atoms. The second-order valence-corrected chi connectivity index (χ2v) is 13.2. The molecule has 5 N–H and O–H groups in total. The monoisotopic (exact) mass is 641 g/mol. The smallest absolute Gasteiger partial charge is 0.337 e. The Hall–Kier alpha value is -3.16. The Labute approximate surface area is 279 Å². The Bertz CT molecular complexity index is 1160. The lowest BCUT2D eigenvalue weighted by Crippen LogP contribution is -2.34. The fourth-order valence-electron chi connectivity index (χ4n) is 6.36. The maximum absolute atomic E-state index is 13.7. The number of dihydropyridines is 1. The van der Waals surface area contributed by atoms with Crippen molar-refractivity contribution in [3.8, 4) is 5.75 Å². The van der Waals surface area contributed by atoms with Crippen LogP contribution in [0.2, 0.25) is 0 Å². The van der Waals surface area contributed by atoms with Gasteiger partial charge in [0.05, 0.1) is 41.6 Å². The van der Waals surface area contributed by atoms with Gasteiger partial charge in [-0.1, -0.05) is 84.0 Å². The van der Waals surface area contributed by atoms with Crippen LogP contribution in [0.5, 0.6) is 5.75 Å². The Morgan fingerprint density at radius 2 is 1.15 bits per heavy atom. The number of benzene rings is 1. The van der Waals surface area contributed by atoms with E-state index in [4.69, 9.17) is 25.7 Å². The number of hydrogen-bond acceptors (Lipinski definition) is 8. The van der Waals surface area contributed by atoms with Crippen LogP contribution in [0.4, 0.5) is 11.4 Å². The van der Waals surface area contributed by atoms with Gasteiger partial charge in [0, 0.05) is 22.6 Å². The molecule has 1 heterocycles. The Kier molecular flexibility index (Phi) is 17.1. The van der Waals surface area contributed by atoms with Gasteiger partial charge in [0.25, 0.3) is 0 Å². The molecule has 0 unspecified atom stereocenters. The summed E-state index contributed by atoms with van der Waals surface area (Å²) in [5.41, 5.74) is 17.5. The molecule has 1 aliphatic rings. The molecule has 0 saturated carbocycles. The minimum Gasteiger partial charge on any atom is -0.491 e. The van der Waals surface area contributed by atoms with Gasteiger partial charge in [-0.25, -0.2) is 9.59 Å². The number of nitrogen functional groups attached to an aromatic ring is 2. The summed E-state index contributed by atoms with van der Waals surface area (Å²) in [7, 11) is 0. The number of anilines is 2. The number of hydrogen-bond donors (Lipinski definition) is 3. The van der Waals surface area contributed by atoms with Gasteiger partial charge in [-0.2, -0.15) is 0 Å². The molecule has 0 fully saturated rings. The minimum atomic E-state index is -0.830. The molecule has 0 saturated heterocycles. The van der Waals surface area contributed by atoms with Crippen LogP contribution >= 0.6 is 0 Å². The van der Waals surface area contributed by atoms with E-state index in [0.717, 1.165) is 24.8 Å². The molecule has 2 rings (SSSR count). The molecule has 8 nitrogen and oxygen atoms in total. The van der Waals surface area contributed by atoms with E-state index in [1.165, 1.54) is 64.2 Å². The highest BCUT2D eigenvalue weighted by Gasteiger charge is 2.42. The van der Waals surface area contributed by atoms with E-state index in [9.17, 15) is 9.59 Å². The minimum absolute atomic E-state index is 0.326. The summed E-state index contributed by atoms with van der Waals surface area (Å²) in [4.78, 5) is 27.5. The van der Waals surface area contributed by atoms with Crippen LogP contribution < -0.4 is 21.5 Å². The van der Waals surface area contributed by atoms with Crippen LogP contribution in [0, 0.1) is 0 Å². The van der Waals surface area contributed by atoms with Gasteiger partial charge in [0.2, 0.25) is 0 Å². The Balaban J connectivity index is 2.37. The Morgan fingerprint density at radius 1 is 0.717 bits per heavy atom.